The number of hydrogen-bond acceptors (Lipinski definition) is 6. The van der Waals surface area contributed by atoms with Crippen LogP contribution in [0.3, 0.4) is 0 Å². The van der Waals surface area contributed by atoms with Gasteiger partial charge in [0, 0.05) is 38.9 Å². The van der Waals surface area contributed by atoms with Crippen molar-refractivity contribution in [3.05, 3.63) is 23.8 Å². The van der Waals surface area contributed by atoms with E-state index in [4.69, 9.17) is 14.2 Å². The molecule has 1 saturated heterocycles. The van der Waals surface area contributed by atoms with E-state index in [0.717, 1.165) is 25.9 Å². The minimum atomic E-state index is -0.155. The molecule has 1 amide bonds. The zero-order valence-electron chi connectivity index (χ0n) is 17.5. The van der Waals surface area contributed by atoms with E-state index in [2.05, 4.69) is 23.4 Å². The number of hydrogen-bond donors (Lipinski definition) is 1. The first-order chi connectivity index (χ1) is 13.6. The molecule has 1 fully saturated rings. The second-order valence-electron chi connectivity index (χ2n) is 7.09. The highest BCUT2D eigenvalue weighted by molar-refractivity contribution is 7.98. The SMILES string of the molecule is COCCNC(=O)c1ccc(OC)cc1OC1CCN([C@@H](C)CCSC)CC1. The molecule has 7 heteroatoms. The van der Waals surface area contributed by atoms with Crippen LogP contribution < -0.4 is 14.8 Å². The second-order valence-corrected chi connectivity index (χ2v) is 8.08. The number of amides is 1. The minimum Gasteiger partial charge on any atom is -0.497 e. The summed E-state index contributed by atoms with van der Waals surface area (Å²) in [6.45, 7) is 5.30. The third kappa shape index (κ3) is 6.87. The van der Waals surface area contributed by atoms with E-state index in [1.54, 1.807) is 32.4 Å². The maximum absolute atomic E-state index is 12.5. The fraction of sp³-hybridized carbons (Fsp3) is 0.667. The average Bonchev–Trinajstić information content (AvgIpc) is 2.72. The Labute approximate surface area is 173 Å². The van der Waals surface area contributed by atoms with Crippen molar-refractivity contribution in [2.75, 3.05) is 52.5 Å². The van der Waals surface area contributed by atoms with Crippen LogP contribution in [0.4, 0.5) is 0 Å². The fourth-order valence-electron chi connectivity index (χ4n) is 3.36. The Bertz CT molecular complexity index is 606. The number of likely N-dealkylation sites (tertiary alicyclic amines) is 1. The molecule has 1 aliphatic heterocycles. The van der Waals surface area contributed by atoms with Crippen LogP contribution in [0.5, 0.6) is 11.5 Å². The van der Waals surface area contributed by atoms with Crippen LogP contribution in [0.2, 0.25) is 0 Å². The number of piperidine rings is 1. The van der Waals surface area contributed by atoms with Gasteiger partial charge in [-0.25, -0.2) is 0 Å². The Hall–Kier alpha value is -1.44. The summed E-state index contributed by atoms with van der Waals surface area (Å²) in [7, 11) is 3.23. The summed E-state index contributed by atoms with van der Waals surface area (Å²) in [5.41, 5.74) is 0.535. The summed E-state index contributed by atoms with van der Waals surface area (Å²) in [6, 6.07) is 5.95. The largest absolute Gasteiger partial charge is 0.497 e. The van der Waals surface area contributed by atoms with Gasteiger partial charge in [-0.15, -0.1) is 0 Å². The molecule has 0 aliphatic carbocycles. The molecule has 1 atom stereocenters. The molecular weight excluding hydrogens is 376 g/mol. The minimum absolute atomic E-state index is 0.113. The number of thioether (sulfide) groups is 1. The summed E-state index contributed by atoms with van der Waals surface area (Å²) < 4.78 is 16.6. The molecule has 0 spiro atoms. The van der Waals surface area contributed by atoms with Crippen molar-refractivity contribution in [2.45, 2.75) is 38.3 Å². The fourth-order valence-corrected chi connectivity index (χ4v) is 3.94. The lowest BCUT2D eigenvalue weighted by Gasteiger charge is -2.36. The molecule has 2 rings (SSSR count). The molecule has 1 aromatic carbocycles. The first kappa shape index (κ1) is 22.8. The molecular formula is C21H34N2O4S. The monoisotopic (exact) mass is 410 g/mol. The molecule has 1 N–H and O–H groups in total. The van der Waals surface area contributed by atoms with Crippen LogP contribution in [0.15, 0.2) is 18.2 Å². The van der Waals surface area contributed by atoms with E-state index in [1.165, 1.54) is 12.2 Å². The maximum Gasteiger partial charge on any atom is 0.255 e. The summed E-state index contributed by atoms with van der Waals surface area (Å²) in [5.74, 6) is 2.32. The molecule has 0 unspecified atom stereocenters. The number of nitrogens with one attached hydrogen (secondary N) is 1. The molecule has 28 heavy (non-hydrogen) atoms. The van der Waals surface area contributed by atoms with Crippen LogP contribution in [-0.2, 0) is 4.74 Å². The van der Waals surface area contributed by atoms with Crippen molar-refractivity contribution in [1.82, 2.24) is 10.2 Å². The average molecular weight is 411 g/mol. The lowest BCUT2D eigenvalue weighted by atomic mass is 10.0. The number of benzene rings is 1. The molecule has 0 aromatic heterocycles. The first-order valence-electron chi connectivity index (χ1n) is 9.93. The summed E-state index contributed by atoms with van der Waals surface area (Å²) in [4.78, 5) is 15.1. The Morgan fingerprint density at radius 1 is 1.32 bits per heavy atom. The van der Waals surface area contributed by atoms with Crippen LogP contribution >= 0.6 is 11.8 Å². The van der Waals surface area contributed by atoms with Crippen molar-refractivity contribution < 1.29 is 19.0 Å². The normalized spacial score (nSPS) is 16.6. The predicted octanol–water partition coefficient (Wildman–Crippen LogP) is 3.06. The van der Waals surface area contributed by atoms with E-state index in [9.17, 15) is 4.79 Å². The lowest BCUT2D eigenvalue weighted by Crippen LogP contribution is -2.43. The Balaban J connectivity index is 1.98. The predicted molar refractivity (Wildman–Crippen MR) is 115 cm³/mol. The zero-order valence-corrected chi connectivity index (χ0v) is 18.3. The van der Waals surface area contributed by atoms with E-state index >= 15 is 0 Å². The molecule has 6 nitrogen and oxygen atoms in total. The van der Waals surface area contributed by atoms with Gasteiger partial charge in [0.25, 0.3) is 5.91 Å². The Morgan fingerprint density at radius 2 is 2.07 bits per heavy atom. The smallest absolute Gasteiger partial charge is 0.255 e. The van der Waals surface area contributed by atoms with Crippen molar-refractivity contribution in [2.24, 2.45) is 0 Å². The highest BCUT2D eigenvalue weighted by Crippen LogP contribution is 2.28. The van der Waals surface area contributed by atoms with Gasteiger partial charge in [0.15, 0.2) is 0 Å². The van der Waals surface area contributed by atoms with Gasteiger partial charge in [0.2, 0.25) is 0 Å². The van der Waals surface area contributed by atoms with Crippen LogP contribution in [-0.4, -0.2) is 75.4 Å². The Morgan fingerprint density at radius 3 is 2.71 bits per heavy atom. The lowest BCUT2D eigenvalue weighted by molar-refractivity contribution is 0.0768. The topological polar surface area (TPSA) is 60.0 Å². The van der Waals surface area contributed by atoms with E-state index < -0.39 is 0 Å². The molecule has 158 valence electrons. The quantitative estimate of drug-likeness (QED) is 0.566. The third-order valence-corrected chi connectivity index (χ3v) is 5.80. The van der Waals surface area contributed by atoms with Gasteiger partial charge in [-0.1, -0.05) is 0 Å². The molecule has 1 aliphatic rings. The van der Waals surface area contributed by atoms with Gasteiger partial charge in [-0.05, 0) is 50.3 Å². The van der Waals surface area contributed by atoms with E-state index in [-0.39, 0.29) is 12.0 Å². The first-order valence-corrected chi connectivity index (χ1v) is 11.3. The highest BCUT2D eigenvalue weighted by Gasteiger charge is 2.25. The number of ether oxygens (including phenoxy) is 3. The van der Waals surface area contributed by atoms with Crippen molar-refractivity contribution in [3.63, 3.8) is 0 Å². The highest BCUT2D eigenvalue weighted by atomic mass is 32.2. The van der Waals surface area contributed by atoms with Crippen molar-refractivity contribution >= 4 is 17.7 Å². The van der Waals surface area contributed by atoms with Crippen molar-refractivity contribution in [1.29, 1.82) is 0 Å². The summed E-state index contributed by atoms with van der Waals surface area (Å²) in [6.07, 6.45) is 5.41. The van der Waals surface area contributed by atoms with E-state index in [0.29, 0.717) is 36.3 Å². The standard InChI is InChI=1S/C21H34N2O4S/c1-16(9-14-28-4)23-11-7-17(8-12-23)27-20-15-18(26-3)5-6-19(20)21(24)22-10-13-25-2/h5-6,15-17H,7-14H2,1-4H3,(H,22,24)/t16-/m0/s1. The second kappa shape index (κ2) is 12.2. The molecule has 0 radical (unpaired) electrons. The van der Waals surface area contributed by atoms with Crippen LogP contribution in [0.25, 0.3) is 0 Å². The van der Waals surface area contributed by atoms with Gasteiger partial charge in [-0.3, -0.25) is 4.79 Å². The molecule has 1 heterocycles. The number of carbonyl (C=O) groups excluding carboxylic acids is 1. The Kier molecular flexibility index (Phi) is 9.95. The van der Waals surface area contributed by atoms with Gasteiger partial charge < -0.3 is 24.4 Å². The van der Waals surface area contributed by atoms with Gasteiger partial charge in [-0.2, -0.15) is 11.8 Å². The van der Waals surface area contributed by atoms with Crippen LogP contribution in [0, 0.1) is 0 Å². The van der Waals surface area contributed by atoms with Crippen molar-refractivity contribution in [3.8, 4) is 11.5 Å². The van der Waals surface area contributed by atoms with Crippen LogP contribution in [0.1, 0.15) is 36.5 Å². The van der Waals surface area contributed by atoms with Gasteiger partial charge in [0.1, 0.15) is 17.6 Å². The van der Waals surface area contributed by atoms with Gasteiger partial charge in [0.05, 0.1) is 19.3 Å². The summed E-state index contributed by atoms with van der Waals surface area (Å²) in [5, 5.41) is 2.86. The summed E-state index contributed by atoms with van der Waals surface area (Å²) >= 11 is 1.90. The zero-order chi connectivity index (χ0) is 20.4. The number of methoxy groups -OCH3 is 2. The maximum atomic E-state index is 12.5. The van der Waals surface area contributed by atoms with E-state index in [1.807, 2.05) is 11.8 Å². The molecule has 1 aromatic rings. The molecule has 0 bridgehead atoms. The third-order valence-electron chi connectivity index (χ3n) is 5.16. The number of nitrogens with zero attached hydrogens (tertiary/aromatic N) is 1. The number of carbonyl (C=O) groups is 1. The van der Waals surface area contributed by atoms with Gasteiger partial charge >= 0.3 is 0 Å². The molecule has 0 saturated carbocycles. The number of rotatable bonds is 11.